The van der Waals surface area contributed by atoms with E-state index in [0.29, 0.717) is 23.8 Å². The van der Waals surface area contributed by atoms with Crippen molar-refractivity contribution in [2.24, 2.45) is 0 Å². The molecule has 0 bridgehead atoms. The molecule has 6 rings (SSSR count). The molecule has 1 fully saturated rings. The molecule has 9 nitrogen and oxygen atoms in total. The molecule has 4 heterocycles. The van der Waals surface area contributed by atoms with Gasteiger partial charge >= 0.3 is 0 Å². The first-order valence-corrected chi connectivity index (χ1v) is 13.4. The number of nitrogens with one attached hydrogen (secondary N) is 2. The van der Waals surface area contributed by atoms with Crippen LogP contribution in [0.1, 0.15) is 55.3 Å². The molecule has 4 aromatic rings. The van der Waals surface area contributed by atoms with Gasteiger partial charge in [-0.05, 0) is 73.2 Å². The Bertz CT molecular complexity index is 1380. The molecule has 2 aliphatic rings. The van der Waals surface area contributed by atoms with Crippen molar-refractivity contribution in [3.8, 4) is 5.82 Å². The molecule has 0 amide bonds. The Morgan fingerprint density at radius 1 is 1.11 bits per heavy atom. The summed E-state index contributed by atoms with van der Waals surface area (Å²) in [5.74, 6) is 1.13. The monoisotopic (exact) mass is 509 g/mol. The zero-order chi connectivity index (χ0) is 23.9. The predicted molar refractivity (Wildman–Crippen MR) is 140 cm³/mol. The molecule has 4 N–H and O–H groups in total. The lowest BCUT2D eigenvalue weighted by atomic mass is 9.89. The lowest BCUT2D eigenvalue weighted by molar-refractivity contribution is 0.319. The van der Waals surface area contributed by atoms with Crippen molar-refractivity contribution in [2.75, 3.05) is 11.1 Å². The van der Waals surface area contributed by atoms with Crippen LogP contribution in [0.5, 0.6) is 0 Å². The number of thiophene rings is 1. The summed E-state index contributed by atoms with van der Waals surface area (Å²) in [4.78, 5) is 17.8. The Kier molecular flexibility index (Phi) is 6.03. The molecule has 1 saturated carbocycles. The van der Waals surface area contributed by atoms with Gasteiger partial charge in [0.2, 0.25) is 17.2 Å². The number of hydrogen-bond donors (Lipinski definition) is 3. The third-order valence-corrected chi connectivity index (χ3v) is 8.22. The fourth-order valence-corrected chi connectivity index (χ4v) is 6.36. The van der Waals surface area contributed by atoms with E-state index in [1.807, 2.05) is 18.5 Å². The molecule has 4 aromatic heterocycles. The summed E-state index contributed by atoms with van der Waals surface area (Å²) >= 11 is 7.71. The van der Waals surface area contributed by atoms with Crippen molar-refractivity contribution >= 4 is 50.7 Å². The van der Waals surface area contributed by atoms with Crippen molar-refractivity contribution in [1.82, 2.24) is 35.0 Å². The highest BCUT2D eigenvalue weighted by Crippen LogP contribution is 2.31. The van der Waals surface area contributed by atoms with E-state index < -0.39 is 0 Å². The van der Waals surface area contributed by atoms with E-state index in [4.69, 9.17) is 22.3 Å². The van der Waals surface area contributed by atoms with Crippen LogP contribution in [0.3, 0.4) is 0 Å². The summed E-state index contributed by atoms with van der Waals surface area (Å²) in [6, 6.07) is 3.33. The van der Waals surface area contributed by atoms with Crippen LogP contribution in [0.4, 0.5) is 17.6 Å². The number of nitrogen functional groups attached to an aromatic ring is 1. The number of aryl methyl sites for hydroxylation is 2. The van der Waals surface area contributed by atoms with Gasteiger partial charge in [0, 0.05) is 17.8 Å². The fraction of sp³-hybridized carbons (Fsp3) is 0.458. The highest BCUT2D eigenvalue weighted by Gasteiger charge is 2.24. The topological polar surface area (TPSA) is 119 Å². The largest absolute Gasteiger partial charge is 0.368 e. The second-order valence-electron chi connectivity index (χ2n) is 9.51. The SMILES string of the molecule is Cc1csc2c(-n3nc(Nc4cnc5c(c4)CC(NC4CCCCC4)CC5)nc3N)nc(Cl)nc12. The highest BCUT2D eigenvalue weighted by molar-refractivity contribution is 7.17. The number of fused-ring (bicyclic) bond motifs is 2. The van der Waals surface area contributed by atoms with Gasteiger partial charge < -0.3 is 16.4 Å². The summed E-state index contributed by atoms with van der Waals surface area (Å²) < 4.78 is 2.37. The molecular weight excluding hydrogens is 482 g/mol. The van der Waals surface area contributed by atoms with Crippen LogP contribution >= 0.6 is 22.9 Å². The van der Waals surface area contributed by atoms with Crippen LogP contribution in [0, 0.1) is 6.92 Å². The lowest BCUT2D eigenvalue weighted by Crippen LogP contribution is -2.42. The molecule has 0 radical (unpaired) electrons. The molecule has 0 aromatic carbocycles. The van der Waals surface area contributed by atoms with Crippen LogP contribution in [0.15, 0.2) is 17.6 Å². The van der Waals surface area contributed by atoms with Gasteiger partial charge in [0.15, 0.2) is 5.82 Å². The molecule has 0 spiro atoms. The number of hydrogen-bond acceptors (Lipinski definition) is 9. The van der Waals surface area contributed by atoms with Gasteiger partial charge in [-0.1, -0.05) is 19.3 Å². The average Bonchev–Trinajstić information content (AvgIpc) is 3.41. The zero-order valence-electron chi connectivity index (χ0n) is 19.6. The summed E-state index contributed by atoms with van der Waals surface area (Å²) in [6.07, 6.45) is 11.6. The number of anilines is 3. The third kappa shape index (κ3) is 4.57. The molecule has 35 heavy (non-hydrogen) atoms. The van der Waals surface area contributed by atoms with Crippen LogP contribution in [0.25, 0.3) is 16.0 Å². The number of nitrogens with two attached hydrogens (primary N) is 1. The van der Waals surface area contributed by atoms with E-state index in [0.717, 1.165) is 40.7 Å². The first-order chi connectivity index (χ1) is 17.0. The molecule has 182 valence electrons. The number of halogens is 1. The van der Waals surface area contributed by atoms with Gasteiger partial charge in [0.25, 0.3) is 0 Å². The van der Waals surface area contributed by atoms with Crippen molar-refractivity contribution in [1.29, 1.82) is 0 Å². The van der Waals surface area contributed by atoms with Crippen LogP contribution < -0.4 is 16.4 Å². The van der Waals surface area contributed by atoms with Gasteiger partial charge in [-0.2, -0.15) is 14.6 Å². The van der Waals surface area contributed by atoms with Crippen LogP contribution in [-0.4, -0.2) is 41.8 Å². The molecule has 11 heteroatoms. The Hall–Kier alpha value is -2.82. The van der Waals surface area contributed by atoms with Crippen LogP contribution in [0.2, 0.25) is 5.28 Å². The maximum Gasteiger partial charge on any atom is 0.248 e. The minimum absolute atomic E-state index is 0.147. The molecule has 1 unspecified atom stereocenters. The second kappa shape index (κ2) is 9.33. The lowest BCUT2D eigenvalue weighted by Gasteiger charge is -2.31. The van der Waals surface area contributed by atoms with Crippen molar-refractivity contribution in [2.45, 2.75) is 70.4 Å². The van der Waals surface area contributed by atoms with Gasteiger partial charge in [0.1, 0.15) is 0 Å². The third-order valence-electron chi connectivity index (χ3n) is 6.97. The smallest absolute Gasteiger partial charge is 0.248 e. The van der Waals surface area contributed by atoms with Gasteiger partial charge in [-0.15, -0.1) is 16.4 Å². The predicted octanol–water partition coefficient (Wildman–Crippen LogP) is 4.73. The van der Waals surface area contributed by atoms with E-state index in [-0.39, 0.29) is 11.2 Å². The number of aromatic nitrogens is 6. The maximum absolute atomic E-state index is 6.22. The molecular formula is C24H28ClN9S. The van der Waals surface area contributed by atoms with Gasteiger partial charge in [-0.25, -0.2) is 4.98 Å². The minimum atomic E-state index is 0.147. The summed E-state index contributed by atoms with van der Waals surface area (Å²) in [7, 11) is 0. The van der Waals surface area contributed by atoms with Crippen molar-refractivity contribution in [3.05, 3.63) is 39.7 Å². The molecule has 0 aliphatic heterocycles. The molecule has 1 atom stereocenters. The van der Waals surface area contributed by atoms with Gasteiger partial charge in [-0.3, -0.25) is 4.98 Å². The number of nitrogens with zero attached hydrogens (tertiary/aromatic N) is 6. The molecule has 2 aliphatic carbocycles. The first-order valence-electron chi connectivity index (χ1n) is 12.2. The van der Waals surface area contributed by atoms with Crippen molar-refractivity contribution < 1.29 is 0 Å². The maximum atomic E-state index is 6.22. The van der Waals surface area contributed by atoms with Gasteiger partial charge in [0.05, 0.1) is 22.1 Å². The Balaban J connectivity index is 1.22. The molecule has 0 saturated heterocycles. The number of pyridine rings is 1. The summed E-state index contributed by atoms with van der Waals surface area (Å²) in [6.45, 7) is 1.99. The normalized spacial score (nSPS) is 18.6. The fourth-order valence-electron chi connectivity index (χ4n) is 5.23. The summed E-state index contributed by atoms with van der Waals surface area (Å²) in [5, 5.41) is 13.9. The second-order valence-corrected chi connectivity index (χ2v) is 10.7. The Morgan fingerprint density at radius 2 is 1.97 bits per heavy atom. The van der Waals surface area contributed by atoms with E-state index in [9.17, 15) is 0 Å². The van der Waals surface area contributed by atoms with E-state index >= 15 is 0 Å². The number of rotatable bonds is 5. The first kappa shape index (κ1) is 22.6. The zero-order valence-corrected chi connectivity index (χ0v) is 21.2. The van der Waals surface area contributed by atoms with E-state index in [2.05, 4.69) is 36.8 Å². The average molecular weight is 510 g/mol. The minimum Gasteiger partial charge on any atom is -0.368 e. The Morgan fingerprint density at radius 3 is 2.83 bits per heavy atom. The Labute approximate surface area is 212 Å². The van der Waals surface area contributed by atoms with E-state index in [1.165, 1.54) is 59.4 Å². The highest BCUT2D eigenvalue weighted by atomic mass is 35.5. The van der Waals surface area contributed by atoms with E-state index in [1.54, 1.807) is 0 Å². The standard InChI is InChI=1S/C24H28ClN9S/c1-13-12-35-20-19(13)30-22(25)31-21(20)34-23(26)32-24(33-34)29-17-10-14-9-16(7-8-18(14)27-11-17)28-15-5-3-2-4-6-15/h10-12,15-16,28H,2-9H2,1H3,(H3,26,29,32,33). The van der Waals surface area contributed by atoms with Crippen LogP contribution in [-0.2, 0) is 12.8 Å². The summed E-state index contributed by atoms with van der Waals surface area (Å²) in [5.41, 5.74) is 11.4. The van der Waals surface area contributed by atoms with Crippen molar-refractivity contribution in [3.63, 3.8) is 0 Å². The quantitative estimate of drug-likeness (QED) is 0.330.